The van der Waals surface area contributed by atoms with Crippen molar-refractivity contribution in [3.05, 3.63) is 40.6 Å². The molecule has 0 aliphatic carbocycles. The SMILES string of the molecule is C=C(C)C(N)c1ncccc1Br. The van der Waals surface area contributed by atoms with E-state index in [-0.39, 0.29) is 6.04 Å². The third-order valence-electron chi connectivity index (χ3n) is 1.61. The summed E-state index contributed by atoms with van der Waals surface area (Å²) in [6, 6.07) is 3.60. The van der Waals surface area contributed by atoms with Crippen LogP contribution in [0.3, 0.4) is 0 Å². The average Bonchev–Trinajstić information content (AvgIpc) is 2.04. The lowest BCUT2D eigenvalue weighted by molar-refractivity contribution is 0.805. The summed E-state index contributed by atoms with van der Waals surface area (Å²) < 4.78 is 0.931. The first kappa shape index (κ1) is 9.42. The summed E-state index contributed by atoms with van der Waals surface area (Å²) in [7, 11) is 0. The number of nitrogens with two attached hydrogens (primary N) is 1. The van der Waals surface area contributed by atoms with Gasteiger partial charge in [-0.3, -0.25) is 4.98 Å². The maximum Gasteiger partial charge on any atom is 0.0754 e. The van der Waals surface area contributed by atoms with Crippen LogP contribution in [-0.2, 0) is 0 Å². The smallest absolute Gasteiger partial charge is 0.0754 e. The Kier molecular flexibility index (Phi) is 3.00. The summed E-state index contributed by atoms with van der Waals surface area (Å²) >= 11 is 3.38. The highest BCUT2D eigenvalue weighted by atomic mass is 79.9. The summed E-state index contributed by atoms with van der Waals surface area (Å²) in [5.74, 6) is 0. The molecule has 3 heteroatoms. The Labute approximate surface area is 80.6 Å². The van der Waals surface area contributed by atoms with Gasteiger partial charge in [0.05, 0.1) is 11.7 Å². The fourth-order valence-electron chi connectivity index (χ4n) is 0.860. The van der Waals surface area contributed by atoms with Crippen LogP contribution in [0, 0.1) is 0 Å². The van der Waals surface area contributed by atoms with Crippen LogP contribution in [0.25, 0.3) is 0 Å². The number of aromatic nitrogens is 1. The van der Waals surface area contributed by atoms with Crippen LogP contribution in [0.4, 0.5) is 0 Å². The van der Waals surface area contributed by atoms with E-state index >= 15 is 0 Å². The van der Waals surface area contributed by atoms with Crippen molar-refractivity contribution in [3.63, 3.8) is 0 Å². The van der Waals surface area contributed by atoms with Gasteiger partial charge < -0.3 is 5.73 Å². The van der Waals surface area contributed by atoms with Crippen molar-refractivity contribution in [1.82, 2.24) is 4.98 Å². The Bertz CT molecular complexity index is 296. The van der Waals surface area contributed by atoms with E-state index in [4.69, 9.17) is 5.73 Å². The second kappa shape index (κ2) is 3.83. The topological polar surface area (TPSA) is 38.9 Å². The van der Waals surface area contributed by atoms with Crippen LogP contribution in [0.15, 0.2) is 35.0 Å². The first-order valence-electron chi connectivity index (χ1n) is 3.64. The van der Waals surface area contributed by atoms with Gasteiger partial charge in [-0.1, -0.05) is 12.2 Å². The minimum atomic E-state index is -0.180. The van der Waals surface area contributed by atoms with Crippen molar-refractivity contribution in [2.75, 3.05) is 0 Å². The standard InChI is InChI=1S/C9H11BrN2/c1-6(2)8(11)9-7(10)4-3-5-12-9/h3-5,8H,1,11H2,2H3. The second-order valence-electron chi connectivity index (χ2n) is 2.69. The summed E-state index contributed by atoms with van der Waals surface area (Å²) in [6.07, 6.45) is 1.73. The van der Waals surface area contributed by atoms with E-state index in [2.05, 4.69) is 27.5 Å². The molecular weight excluding hydrogens is 216 g/mol. The summed E-state index contributed by atoms with van der Waals surface area (Å²) in [4.78, 5) is 4.17. The number of halogens is 1. The molecular formula is C9H11BrN2. The molecule has 0 bridgehead atoms. The van der Waals surface area contributed by atoms with E-state index in [1.54, 1.807) is 6.20 Å². The van der Waals surface area contributed by atoms with Gasteiger partial charge in [0.2, 0.25) is 0 Å². The van der Waals surface area contributed by atoms with Crippen LogP contribution in [0.2, 0.25) is 0 Å². The number of rotatable bonds is 2. The van der Waals surface area contributed by atoms with Crippen LogP contribution < -0.4 is 5.73 Å². The van der Waals surface area contributed by atoms with E-state index in [1.807, 2.05) is 19.1 Å². The van der Waals surface area contributed by atoms with Crippen LogP contribution in [0.5, 0.6) is 0 Å². The molecule has 0 aliphatic heterocycles. The number of hydrogen-bond acceptors (Lipinski definition) is 2. The largest absolute Gasteiger partial charge is 0.319 e. The van der Waals surface area contributed by atoms with Gasteiger partial charge in [-0.2, -0.15) is 0 Å². The molecule has 2 N–H and O–H groups in total. The Morgan fingerprint density at radius 1 is 1.75 bits per heavy atom. The highest BCUT2D eigenvalue weighted by Gasteiger charge is 2.10. The number of nitrogens with zero attached hydrogens (tertiary/aromatic N) is 1. The first-order valence-corrected chi connectivity index (χ1v) is 4.43. The van der Waals surface area contributed by atoms with E-state index in [0.717, 1.165) is 15.7 Å². The summed E-state index contributed by atoms with van der Waals surface area (Å²) in [6.45, 7) is 5.68. The maximum atomic E-state index is 5.85. The molecule has 1 rings (SSSR count). The predicted molar refractivity (Wildman–Crippen MR) is 53.7 cm³/mol. The number of pyridine rings is 1. The molecule has 0 aromatic carbocycles. The zero-order valence-electron chi connectivity index (χ0n) is 6.92. The summed E-state index contributed by atoms with van der Waals surface area (Å²) in [5.41, 5.74) is 7.60. The molecule has 0 amide bonds. The van der Waals surface area contributed by atoms with Crippen molar-refractivity contribution in [3.8, 4) is 0 Å². The van der Waals surface area contributed by atoms with Gasteiger partial charge in [0.1, 0.15) is 0 Å². The molecule has 1 atom stereocenters. The van der Waals surface area contributed by atoms with Gasteiger partial charge in [0.15, 0.2) is 0 Å². The summed E-state index contributed by atoms with van der Waals surface area (Å²) in [5, 5.41) is 0. The second-order valence-corrected chi connectivity index (χ2v) is 3.55. The van der Waals surface area contributed by atoms with Crippen molar-refractivity contribution in [2.24, 2.45) is 5.73 Å². The molecule has 0 radical (unpaired) electrons. The molecule has 0 saturated carbocycles. The zero-order chi connectivity index (χ0) is 9.14. The van der Waals surface area contributed by atoms with Gasteiger partial charge in [0, 0.05) is 10.7 Å². The lowest BCUT2D eigenvalue weighted by Gasteiger charge is -2.11. The monoisotopic (exact) mass is 226 g/mol. The first-order chi connectivity index (χ1) is 5.63. The maximum absolute atomic E-state index is 5.85. The third kappa shape index (κ3) is 1.93. The van der Waals surface area contributed by atoms with Crippen molar-refractivity contribution in [1.29, 1.82) is 0 Å². The molecule has 1 heterocycles. The highest BCUT2D eigenvalue weighted by molar-refractivity contribution is 9.10. The van der Waals surface area contributed by atoms with Gasteiger partial charge in [-0.05, 0) is 35.0 Å². The molecule has 0 saturated heterocycles. The fourth-order valence-corrected chi connectivity index (χ4v) is 1.36. The minimum Gasteiger partial charge on any atom is -0.319 e. The van der Waals surface area contributed by atoms with Crippen molar-refractivity contribution < 1.29 is 0 Å². The zero-order valence-corrected chi connectivity index (χ0v) is 8.51. The van der Waals surface area contributed by atoms with Gasteiger partial charge in [-0.15, -0.1) is 0 Å². The third-order valence-corrected chi connectivity index (χ3v) is 2.28. The van der Waals surface area contributed by atoms with Crippen LogP contribution in [-0.4, -0.2) is 4.98 Å². The average molecular weight is 227 g/mol. The molecule has 1 aromatic rings. The Morgan fingerprint density at radius 2 is 2.42 bits per heavy atom. The van der Waals surface area contributed by atoms with Crippen molar-refractivity contribution in [2.45, 2.75) is 13.0 Å². The van der Waals surface area contributed by atoms with E-state index < -0.39 is 0 Å². The lowest BCUT2D eigenvalue weighted by Crippen LogP contribution is -2.13. The Balaban J connectivity index is 3.02. The molecule has 1 unspecified atom stereocenters. The Hall–Kier alpha value is -0.670. The fraction of sp³-hybridized carbons (Fsp3) is 0.222. The molecule has 64 valence electrons. The molecule has 0 aliphatic rings. The van der Waals surface area contributed by atoms with Gasteiger partial charge in [0.25, 0.3) is 0 Å². The quantitative estimate of drug-likeness (QED) is 0.788. The van der Waals surface area contributed by atoms with Crippen molar-refractivity contribution >= 4 is 15.9 Å². The Morgan fingerprint density at radius 3 is 2.92 bits per heavy atom. The van der Waals surface area contributed by atoms with Crippen LogP contribution in [0.1, 0.15) is 18.7 Å². The normalized spacial score (nSPS) is 12.6. The molecule has 12 heavy (non-hydrogen) atoms. The molecule has 0 spiro atoms. The molecule has 1 aromatic heterocycles. The number of hydrogen-bond donors (Lipinski definition) is 1. The van der Waals surface area contributed by atoms with Gasteiger partial charge in [-0.25, -0.2) is 0 Å². The van der Waals surface area contributed by atoms with E-state index in [9.17, 15) is 0 Å². The highest BCUT2D eigenvalue weighted by Crippen LogP contribution is 2.22. The lowest BCUT2D eigenvalue weighted by atomic mass is 10.1. The predicted octanol–water partition coefficient (Wildman–Crippen LogP) is 2.42. The minimum absolute atomic E-state index is 0.180. The van der Waals surface area contributed by atoms with Gasteiger partial charge >= 0.3 is 0 Å². The molecule has 0 fully saturated rings. The van der Waals surface area contributed by atoms with E-state index in [0.29, 0.717) is 0 Å². The molecule has 2 nitrogen and oxygen atoms in total. The van der Waals surface area contributed by atoms with E-state index in [1.165, 1.54) is 0 Å². The van der Waals surface area contributed by atoms with Crippen LogP contribution >= 0.6 is 15.9 Å².